The number of hydrogen-bond donors (Lipinski definition) is 2. The topological polar surface area (TPSA) is 75.5 Å². The normalized spacial score (nSPS) is 14.4. The first-order valence-corrected chi connectivity index (χ1v) is 7.15. The molecule has 0 aromatic carbocycles. The van der Waals surface area contributed by atoms with Crippen molar-refractivity contribution in [3.8, 4) is 0 Å². The van der Waals surface area contributed by atoms with Crippen LogP contribution in [0.4, 0.5) is 0 Å². The molecule has 1 aliphatic rings. The van der Waals surface area contributed by atoms with Gasteiger partial charge in [-0.15, -0.1) is 0 Å². The number of amides is 2. The summed E-state index contributed by atoms with van der Waals surface area (Å²) < 4.78 is 1.65. The lowest BCUT2D eigenvalue weighted by atomic mass is 10.3. The van der Waals surface area contributed by atoms with Crippen molar-refractivity contribution >= 4 is 17.3 Å². The minimum Gasteiger partial charge on any atom is -0.348 e. The molecule has 3 rings (SSSR count). The van der Waals surface area contributed by atoms with E-state index >= 15 is 0 Å². The number of pyridine rings is 1. The molecule has 110 valence electrons. The van der Waals surface area contributed by atoms with Crippen LogP contribution in [-0.2, 0) is 0 Å². The number of carbonyl (C=O) groups is 2. The molecule has 6 nitrogen and oxygen atoms in total. The first-order chi connectivity index (χ1) is 10.1. The van der Waals surface area contributed by atoms with E-state index < -0.39 is 0 Å². The number of rotatable bonds is 4. The Bertz CT molecular complexity index is 651. The summed E-state index contributed by atoms with van der Waals surface area (Å²) in [4.78, 5) is 28.7. The molecule has 0 spiro atoms. The SMILES string of the molecule is CC(C)NC(=O)c1nc(C(=O)NC2CC2)c2ccccn12. The molecule has 21 heavy (non-hydrogen) atoms. The Kier molecular flexibility index (Phi) is 3.37. The van der Waals surface area contributed by atoms with Crippen molar-refractivity contribution in [2.24, 2.45) is 0 Å². The van der Waals surface area contributed by atoms with E-state index in [9.17, 15) is 9.59 Å². The van der Waals surface area contributed by atoms with Gasteiger partial charge in [0.1, 0.15) is 0 Å². The Morgan fingerprint density at radius 1 is 1.29 bits per heavy atom. The van der Waals surface area contributed by atoms with Crippen LogP contribution in [0.15, 0.2) is 24.4 Å². The van der Waals surface area contributed by atoms with Gasteiger partial charge in [0.15, 0.2) is 5.69 Å². The van der Waals surface area contributed by atoms with Crippen LogP contribution in [0.2, 0.25) is 0 Å². The molecular weight excluding hydrogens is 268 g/mol. The Hall–Kier alpha value is -2.37. The number of nitrogens with zero attached hydrogens (tertiary/aromatic N) is 2. The summed E-state index contributed by atoms with van der Waals surface area (Å²) in [5, 5.41) is 5.71. The summed E-state index contributed by atoms with van der Waals surface area (Å²) in [7, 11) is 0. The highest BCUT2D eigenvalue weighted by atomic mass is 16.2. The summed E-state index contributed by atoms with van der Waals surface area (Å²) in [6.45, 7) is 3.77. The maximum Gasteiger partial charge on any atom is 0.287 e. The molecule has 0 aliphatic heterocycles. The van der Waals surface area contributed by atoms with Crippen molar-refractivity contribution in [1.82, 2.24) is 20.0 Å². The fraction of sp³-hybridized carbons (Fsp3) is 0.400. The second-order valence-electron chi connectivity index (χ2n) is 5.62. The monoisotopic (exact) mass is 286 g/mol. The van der Waals surface area contributed by atoms with E-state index in [1.54, 1.807) is 16.7 Å². The Labute approximate surface area is 122 Å². The van der Waals surface area contributed by atoms with Crippen molar-refractivity contribution in [3.05, 3.63) is 35.9 Å². The first-order valence-electron chi connectivity index (χ1n) is 7.15. The molecule has 2 amide bonds. The van der Waals surface area contributed by atoms with Crippen molar-refractivity contribution in [2.45, 2.75) is 38.8 Å². The zero-order valence-corrected chi connectivity index (χ0v) is 12.1. The van der Waals surface area contributed by atoms with E-state index in [1.807, 2.05) is 26.0 Å². The summed E-state index contributed by atoms with van der Waals surface area (Å²) in [6.07, 6.45) is 3.77. The second kappa shape index (κ2) is 5.20. The van der Waals surface area contributed by atoms with Gasteiger partial charge in [-0.2, -0.15) is 0 Å². The van der Waals surface area contributed by atoms with Gasteiger partial charge in [0.2, 0.25) is 5.82 Å². The van der Waals surface area contributed by atoms with Gasteiger partial charge in [-0.3, -0.25) is 14.0 Å². The van der Waals surface area contributed by atoms with E-state index in [0.717, 1.165) is 12.8 Å². The fourth-order valence-corrected chi connectivity index (χ4v) is 2.17. The average molecular weight is 286 g/mol. The van der Waals surface area contributed by atoms with Crippen LogP contribution in [0.5, 0.6) is 0 Å². The zero-order valence-electron chi connectivity index (χ0n) is 12.1. The van der Waals surface area contributed by atoms with E-state index in [-0.39, 0.29) is 29.7 Å². The summed E-state index contributed by atoms with van der Waals surface area (Å²) >= 11 is 0. The van der Waals surface area contributed by atoms with Crippen LogP contribution >= 0.6 is 0 Å². The average Bonchev–Trinajstić information content (AvgIpc) is 3.16. The molecule has 0 bridgehead atoms. The van der Waals surface area contributed by atoms with Gasteiger partial charge in [0.05, 0.1) is 5.52 Å². The molecule has 2 aromatic rings. The molecule has 1 aliphatic carbocycles. The highest BCUT2D eigenvalue weighted by molar-refractivity contribution is 6.02. The number of nitrogens with one attached hydrogen (secondary N) is 2. The molecule has 2 N–H and O–H groups in total. The van der Waals surface area contributed by atoms with Gasteiger partial charge >= 0.3 is 0 Å². The summed E-state index contributed by atoms with van der Waals surface area (Å²) in [5.41, 5.74) is 0.945. The number of aromatic nitrogens is 2. The molecule has 6 heteroatoms. The van der Waals surface area contributed by atoms with Gasteiger partial charge < -0.3 is 10.6 Å². The summed E-state index contributed by atoms with van der Waals surface area (Å²) in [5.74, 6) is -0.262. The highest BCUT2D eigenvalue weighted by Crippen LogP contribution is 2.20. The largest absolute Gasteiger partial charge is 0.348 e. The molecule has 0 atom stereocenters. The van der Waals surface area contributed by atoms with Gasteiger partial charge in [-0.25, -0.2) is 4.98 Å². The first kappa shape index (κ1) is 13.6. The third kappa shape index (κ3) is 2.74. The van der Waals surface area contributed by atoms with Gasteiger partial charge in [0, 0.05) is 18.3 Å². The third-order valence-electron chi connectivity index (χ3n) is 3.30. The molecule has 0 saturated heterocycles. The predicted octanol–water partition coefficient (Wildman–Crippen LogP) is 1.36. The minimum atomic E-state index is -0.281. The molecule has 1 fully saturated rings. The fourth-order valence-electron chi connectivity index (χ4n) is 2.17. The third-order valence-corrected chi connectivity index (χ3v) is 3.30. The zero-order chi connectivity index (χ0) is 15.0. The number of hydrogen-bond acceptors (Lipinski definition) is 3. The minimum absolute atomic E-state index is 0.0114. The van der Waals surface area contributed by atoms with E-state index in [1.165, 1.54) is 0 Å². The van der Waals surface area contributed by atoms with Crippen LogP contribution in [0, 0.1) is 0 Å². The van der Waals surface area contributed by atoms with E-state index in [4.69, 9.17) is 0 Å². The molecule has 0 unspecified atom stereocenters. The molecule has 2 heterocycles. The standard InChI is InChI=1S/C15H18N4O2/c1-9(2)16-15(21)13-18-12(14(20)17-10-6-7-10)11-5-3-4-8-19(11)13/h3-5,8-10H,6-7H2,1-2H3,(H,16,21)(H,17,20). The van der Waals surface area contributed by atoms with E-state index in [0.29, 0.717) is 11.2 Å². The van der Waals surface area contributed by atoms with Gasteiger partial charge in [0.25, 0.3) is 11.8 Å². The smallest absolute Gasteiger partial charge is 0.287 e. The Balaban J connectivity index is 2.00. The molecular formula is C15H18N4O2. The quantitative estimate of drug-likeness (QED) is 0.891. The lowest BCUT2D eigenvalue weighted by Crippen LogP contribution is -2.31. The van der Waals surface area contributed by atoms with Crippen molar-refractivity contribution in [3.63, 3.8) is 0 Å². The van der Waals surface area contributed by atoms with Crippen LogP contribution < -0.4 is 10.6 Å². The lowest BCUT2D eigenvalue weighted by Gasteiger charge is -2.06. The van der Waals surface area contributed by atoms with Crippen LogP contribution in [0.1, 0.15) is 47.8 Å². The maximum atomic E-state index is 12.2. The van der Waals surface area contributed by atoms with Crippen molar-refractivity contribution in [1.29, 1.82) is 0 Å². The van der Waals surface area contributed by atoms with Gasteiger partial charge in [-0.05, 0) is 38.8 Å². The summed E-state index contributed by atoms with van der Waals surface area (Å²) in [6, 6.07) is 5.70. The predicted molar refractivity (Wildman–Crippen MR) is 78.3 cm³/mol. The van der Waals surface area contributed by atoms with Crippen LogP contribution in [0.25, 0.3) is 5.52 Å². The van der Waals surface area contributed by atoms with E-state index in [2.05, 4.69) is 15.6 Å². The van der Waals surface area contributed by atoms with Crippen molar-refractivity contribution in [2.75, 3.05) is 0 Å². The number of fused-ring (bicyclic) bond motifs is 1. The molecule has 1 saturated carbocycles. The second-order valence-corrected chi connectivity index (χ2v) is 5.62. The molecule has 2 aromatic heterocycles. The Morgan fingerprint density at radius 2 is 2.05 bits per heavy atom. The van der Waals surface area contributed by atoms with Crippen LogP contribution in [0.3, 0.4) is 0 Å². The number of imidazole rings is 1. The number of carbonyl (C=O) groups excluding carboxylic acids is 2. The highest BCUT2D eigenvalue weighted by Gasteiger charge is 2.27. The maximum absolute atomic E-state index is 12.2. The van der Waals surface area contributed by atoms with Crippen LogP contribution in [-0.4, -0.2) is 33.3 Å². The lowest BCUT2D eigenvalue weighted by molar-refractivity contribution is 0.0932. The molecule has 0 radical (unpaired) electrons. The van der Waals surface area contributed by atoms with Gasteiger partial charge in [-0.1, -0.05) is 6.07 Å². The van der Waals surface area contributed by atoms with Crippen molar-refractivity contribution < 1.29 is 9.59 Å². The Morgan fingerprint density at radius 3 is 2.71 bits per heavy atom.